The average molecular weight is 276 g/mol. The minimum absolute atomic E-state index is 0.0987. The van der Waals surface area contributed by atoms with E-state index in [0.29, 0.717) is 17.7 Å². The van der Waals surface area contributed by atoms with Crippen LogP contribution < -0.4 is 5.82 Å². The second-order valence-corrected chi connectivity index (χ2v) is 4.34. The van der Waals surface area contributed by atoms with Gasteiger partial charge in [0.25, 0.3) is 0 Å². The first kappa shape index (κ1) is 14.1. The summed E-state index contributed by atoms with van der Waals surface area (Å²) in [6.07, 6.45) is 2.06. The first-order valence-corrected chi connectivity index (χ1v) is 6.54. The summed E-state index contributed by atoms with van der Waals surface area (Å²) in [5.41, 5.74) is 0.706. The summed E-state index contributed by atoms with van der Waals surface area (Å²) in [5.74, 6) is -0.580. The van der Waals surface area contributed by atoms with E-state index >= 15 is 0 Å². The fourth-order valence-corrected chi connectivity index (χ4v) is 1.75. The lowest BCUT2D eigenvalue weighted by Crippen LogP contribution is -2.04. The SMILES string of the molecule is CCCCC(=O)OCc1oc(=O)oc1-c1ccccc1. The van der Waals surface area contributed by atoms with Crippen LogP contribution in [0, 0.1) is 0 Å². The van der Waals surface area contributed by atoms with Crippen LogP contribution in [0.1, 0.15) is 31.9 Å². The van der Waals surface area contributed by atoms with Crippen molar-refractivity contribution in [3.05, 3.63) is 46.7 Å². The lowest BCUT2D eigenvalue weighted by molar-refractivity contribution is -0.145. The van der Waals surface area contributed by atoms with E-state index in [4.69, 9.17) is 13.6 Å². The molecule has 0 saturated carbocycles. The summed E-state index contributed by atoms with van der Waals surface area (Å²) in [7, 11) is 0. The molecule has 2 rings (SSSR count). The van der Waals surface area contributed by atoms with Crippen LogP contribution in [0.4, 0.5) is 0 Å². The summed E-state index contributed by atoms with van der Waals surface area (Å²) in [6.45, 7) is 1.90. The van der Waals surface area contributed by atoms with Crippen molar-refractivity contribution in [3.63, 3.8) is 0 Å². The fraction of sp³-hybridized carbons (Fsp3) is 0.333. The number of esters is 1. The van der Waals surface area contributed by atoms with Gasteiger partial charge >= 0.3 is 11.8 Å². The number of unbranched alkanes of at least 4 members (excludes halogenated alkanes) is 1. The predicted molar refractivity (Wildman–Crippen MR) is 72.0 cm³/mol. The Balaban J connectivity index is 2.09. The Bertz CT molecular complexity index is 609. The van der Waals surface area contributed by atoms with Gasteiger partial charge in [0.15, 0.2) is 18.1 Å². The van der Waals surface area contributed by atoms with Crippen LogP contribution in [-0.2, 0) is 16.1 Å². The normalized spacial score (nSPS) is 10.4. The van der Waals surface area contributed by atoms with Gasteiger partial charge in [-0.2, -0.15) is 0 Å². The zero-order chi connectivity index (χ0) is 14.4. The molecule has 0 atom stereocenters. The molecule has 2 aromatic rings. The van der Waals surface area contributed by atoms with E-state index in [1.807, 2.05) is 25.1 Å². The van der Waals surface area contributed by atoms with E-state index < -0.39 is 5.82 Å². The Morgan fingerprint density at radius 1 is 1.20 bits per heavy atom. The van der Waals surface area contributed by atoms with E-state index in [1.54, 1.807) is 12.1 Å². The van der Waals surface area contributed by atoms with Gasteiger partial charge < -0.3 is 13.6 Å². The molecule has 1 heterocycles. The maximum absolute atomic E-state index is 11.5. The highest BCUT2D eigenvalue weighted by atomic mass is 16.6. The van der Waals surface area contributed by atoms with E-state index in [1.165, 1.54) is 0 Å². The number of benzene rings is 1. The number of carbonyl (C=O) groups is 1. The Morgan fingerprint density at radius 3 is 2.65 bits per heavy atom. The van der Waals surface area contributed by atoms with Gasteiger partial charge in [-0.05, 0) is 6.42 Å². The Hall–Kier alpha value is -2.30. The minimum atomic E-state index is -0.802. The highest BCUT2D eigenvalue weighted by molar-refractivity contribution is 5.69. The van der Waals surface area contributed by atoms with Gasteiger partial charge in [-0.15, -0.1) is 0 Å². The predicted octanol–water partition coefficient (Wildman–Crippen LogP) is 3.13. The van der Waals surface area contributed by atoms with Gasteiger partial charge in [0, 0.05) is 12.0 Å². The van der Waals surface area contributed by atoms with E-state index in [0.717, 1.165) is 12.8 Å². The first-order chi connectivity index (χ1) is 9.70. The van der Waals surface area contributed by atoms with Gasteiger partial charge in [-0.25, -0.2) is 4.79 Å². The van der Waals surface area contributed by atoms with Crippen molar-refractivity contribution in [3.8, 4) is 11.3 Å². The summed E-state index contributed by atoms with van der Waals surface area (Å²) < 4.78 is 15.0. The van der Waals surface area contributed by atoms with Crippen LogP contribution in [0.2, 0.25) is 0 Å². The number of hydrogen-bond donors (Lipinski definition) is 0. The van der Waals surface area contributed by atoms with Crippen molar-refractivity contribution >= 4 is 5.97 Å². The molecule has 0 aliphatic carbocycles. The van der Waals surface area contributed by atoms with E-state index in [-0.39, 0.29) is 18.3 Å². The zero-order valence-electron chi connectivity index (χ0n) is 11.3. The number of carbonyl (C=O) groups excluding carboxylic acids is 1. The van der Waals surface area contributed by atoms with Crippen molar-refractivity contribution in [2.24, 2.45) is 0 Å². The fourth-order valence-electron chi connectivity index (χ4n) is 1.75. The van der Waals surface area contributed by atoms with Crippen molar-refractivity contribution in [2.75, 3.05) is 0 Å². The van der Waals surface area contributed by atoms with Crippen LogP contribution in [0.15, 0.2) is 44.0 Å². The number of rotatable bonds is 6. The molecule has 5 nitrogen and oxygen atoms in total. The largest absolute Gasteiger partial charge is 0.519 e. The van der Waals surface area contributed by atoms with Crippen LogP contribution in [0.25, 0.3) is 11.3 Å². The Kier molecular flexibility index (Phi) is 4.76. The van der Waals surface area contributed by atoms with Crippen LogP contribution in [0.5, 0.6) is 0 Å². The molecular weight excluding hydrogens is 260 g/mol. The molecule has 20 heavy (non-hydrogen) atoms. The summed E-state index contributed by atoms with van der Waals surface area (Å²) in [5, 5.41) is 0. The molecule has 0 fully saturated rings. The minimum Gasteiger partial charge on any atom is -0.457 e. The van der Waals surface area contributed by atoms with Gasteiger partial charge in [0.2, 0.25) is 0 Å². The zero-order valence-corrected chi connectivity index (χ0v) is 11.3. The van der Waals surface area contributed by atoms with E-state index in [9.17, 15) is 9.59 Å². The summed E-state index contributed by atoms with van der Waals surface area (Å²) in [6, 6.07) is 9.07. The average Bonchev–Trinajstić information content (AvgIpc) is 2.85. The third-order valence-electron chi connectivity index (χ3n) is 2.78. The summed E-state index contributed by atoms with van der Waals surface area (Å²) in [4.78, 5) is 22.7. The van der Waals surface area contributed by atoms with Crippen molar-refractivity contribution in [1.29, 1.82) is 0 Å². The quantitative estimate of drug-likeness (QED) is 0.758. The van der Waals surface area contributed by atoms with Crippen molar-refractivity contribution in [2.45, 2.75) is 32.8 Å². The van der Waals surface area contributed by atoms with Gasteiger partial charge in [-0.1, -0.05) is 43.7 Å². The molecule has 0 radical (unpaired) electrons. The van der Waals surface area contributed by atoms with Crippen molar-refractivity contribution in [1.82, 2.24) is 0 Å². The van der Waals surface area contributed by atoms with Gasteiger partial charge in [0.05, 0.1) is 0 Å². The van der Waals surface area contributed by atoms with Gasteiger partial charge in [0.1, 0.15) is 0 Å². The lowest BCUT2D eigenvalue weighted by atomic mass is 10.1. The summed E-state index contributed by atoms with van der Waals surface area (Å²) >= 11 is 0. The maximum atomic E-state index is 11.5. The van der Waals surface area contributed by atoms with Crippen LogP contribution >= 0.6 is 0 Å². The lowest BCUT2D eigenvalue weighted by Gasteiger charge is -2.03. The molecule has 0 aliphatic heterocycles. The smallest absolute Gasteiger partial charge is 0.457 e. The third-order valence-corrected chi connectivity index (χ3v) is 2.78. The molecule has 5 heteroatoms. The molecule has 0 amide bonds. The highest BCUT2D eigenvalue weighted by Gasteiger charge is 2.16. The molecule has 0 N–H and O–H groups in total. The Labute approximate surface area is 116 Å². The molecule has 0 aliphatic rings. The molecule has 106 valence electrons. The molecule has 0 unspecified atom stereocenters. The third kappa shape index (κ3) is 3.60. The maximum Gasteiger partial charge on any atom is 0.519 e. The van der Waals surface area contributed by atoms with Crippen LogP contribution in [-0.4, -0.2) is 5.97 Å². The molecule has 0 saturated heterocycles. The van der Waals surface area contributed by atoms with Crippen LogP contribution in [0.3, 0.4) is 0 Å². The topological polar surface area (TPSA) is 69.7 Å². The molecule has 1 aromatic heterocycles. The first-order valence-electron chi connectivity index (χ1n) is 6.54. The second-order valence-electron chi connectivity index (χ2n) is 4.34. The molecule has 1 aromatic carbocycles. The molecule has 0 spiro atoms. The highest BCUT2D eigenvalue weighted by Crippen LogP contribution is 2.23. The number of hydrogen-bond acceptors (Lipinski definition) is 5. The second kappa shape index (κ2) is 6.75. The van der Waals surface area contributed by atoms with Crippen molar-refractivity contribution < 1.29 is 18.4 Å². The standard InChI is InChI=1S/C15H16O5/c1-2-3-9-13(16)18-10-12-14(20-15(17)19-12)11-7-5-4-6-8-11/h4-8H,2-3,9-10H2,1H3. The molecule has 0 bridgehead atoms. The number of ether oxygens (including phenoxy) is 1. The Morgan fingerprint density at radius 2 is 1.95 bits per heavy atom. The van der Waals surface area contributed by atoms with E-state index in [2.05, 4.69) is 0 Å². The molecular formula is C15H16O5. The monoisotopic (exact) mass is 276 g/mol. The van der Waals surface area contributed by atoms with Gasteiger partial charge in [-0.3, -0.25) is 4.79 Å².